The highest BCUT2D eigenvalue weighted by Gasteiger charge is 2.16. The summed E-state index contributed by atoms with van der Waals surface area (Å²) in [6.45, 7) is 4.64. The Balaban J connectivity index is 0.00000121. The summed E-state index contributed by atoms with van der Waals surface area (Å²) in [7, 11) is 0. The normalized spacial score (nSPS) is 27.8. The maximum absolute atomic E-state index is 9.11. The number of hydrogen-bond donors (Lipinski definition) is 2. The van der Waals surface area contributed by atoms with E-state index in [0.29, 0.717) is 6.04 Å². The first-order valence-corrected chi connectivity index (χ1v) is 4.34. The van der Waals surface area contributed by atoms with Gasteiger partial charge in [0, 0.05) is 19.1 Å². The summed E-state index contributed by atoms with van der Waals surface area (Å²) < 4.78 is 0. The molecule has 1 rings (SSSR count). The topological polar surface area (TPSA) is 49.5 Å². The van der Waals surface area contributed by atoms with Crippen LogP contribution in [0.25, 0.3) is 0 Å². The molecule has 0 radical (unpaired) electrons. The lowest BCUT2D eigenvalue weighted by Crippen LogP contribution is -2.45. The molecule has 1 aliphatic heterocycles. The Labute approximate surface area is 80.3 Å². The molecule has 3 nitrogen and oxygen atoms in total. The summed E-state index contributed by atoms with van der Waals surface area (Å²) >= 11 is 0. The number of likely N-dealkylation sites (tertiary alicyclic amines) is 1. The van der Waals surface area contributed by atoms with Crippen molar-refractivity contribution in [1.29, 1.82) is 0 Å². The van der Waals surface area contributed by atoms with E-state index in [4.69, 9.17) is 10.8 Å². The van der Waals surface area contributed by atoms with Crippen molar-refractivity contribution in [3.05, 3.63) is 0 Å². The van der Waals surface area contributed by atoms with Crippen molar-refractivity contribution in [1.82, 2.24) is 4.90 Å². The predicted octanol–water partition coefficient (Wildman–Crippen LogP) is 0.212. The van der Waals surface area contributed by atoms with Crippen LogP contribution in [0.4, 0.5) is 0 Å². The summed E-state index contributed by atoms with van der Waals surface area (Å²) in [5, 5.41) is 9.11. The molecule has 0 bridgehead atoms. The van der Waals surface area contributed by atoms with Gasteiger partial charge in [-0.25, -0.2) is 0 Å². The van der Waals surface area contributed by atoms with Crippen molar-refractivity contribution in [2.45, 2.75) is 31.9 Å². The molecule has 4 heteroatoms. The van der Waals surface area contributed by atoms with Crippen molar-refractivity contribution in [3.63, 3.8) is 0 Å². The number of nitrogens with zero attached hydrogens (tertiary/aromatic N) is 1. The number of β-amino-alcohol motifs (C(OH)–C–C–N with tert-alkyl or cyclic N) is 1. The van der Waals surface area contributed by atoms with Crippen LogP contribution < -0.4 is 5.73 Å². The second-order valence-electron chi connectivity index (χ2n) is 3.51. The fraction of sp³-hybridized carbons (Fsp3) is 1.00. The van der Waals surface area contributed by atoms with E-state index in [2.05, 4.69) is 4.90 Å². The lowest BCUT2D eigenvalue weighted by atomic mass is 10.1. The molecule has 0 aliphatic carbocycles. The van der Waals surface area contributed by atoms with Crippen LogP contribution in [0.15, 0.2) is 0 Å². The molecule has 0 spiro atoms. The lowest BCUT2D eigenvalue weighted by molar-refractivity contribution is 0.108. The Kier molecular flexibility index (Phi) is 5.84. The number of piperidine rings is 1. The number of rotatable bonds is 2. The smallest absolute Gasteiger partial charge is 0.0639 e. The van der Waals surface area contributed by atoms with Crippen LogP contribution in [-0.4, -0.2) is 41.8 Å². The van der Waals surface area contributed by atoms with Gasteiger partial charge >= 0.3 is 0 Å². The fourth-order valence-corrected chi connectivity index (χ4v) is 1.63. The minimum absolute atomic E-state index is 0. The second kappa shape index (κ2) is 5.75. The van der Waals surface area contributed by atoms with Crippen LogP contribution in [0.3, 0.4) is 0 Å². The SMILES string of the molecule is C[C@@H](O)CN1CCC[C@@H](N)C1.Cl. The molecule has 1 aliphatic rings. The van der Waals surface area contributed by atoms with Crippen LogP contribution in [0.5, 0.6) is 0 Å². The minimum Gasteiger partial charge on any atom is -0.392 e. The zero-order valence-corrected chi connectivity index (χ0v) is 8.39. The van der Waals surface area contributed by atoms with E-state index in [1.165, 1.54) is 6.42 Å². The molecule has 2 atom stereocenters. The van der Waals surface area contributed by atoms with Crippen molar-refractivity contribution >= 4 is 12.4 Å². The monoisotopic (exact) mass is 194 g/mol. The highest BCUT2D eigenvalue weighted by atomic mass is 35.5. The number of aliphatic hydroxyl groups is 1. The molecule has 0 aromatic rings. The van der Waals surface area contributed by atoms with Crippen LogP contribution in [0.1, 0.15) is 19.8 Å². The molecular weight excluding hydrogens is 176 g/mol. The highest BCUT2D eigenvalue weighted by Crippen LogP contribution is 2.07. The van der Waals surface area contributed by atoms with Gasteiger partial charge in [0.15, 0.2) is 0 Å². The maximum Gasteiger partial charge on any atom is 0.0639 e. The Morgan fingerprint density at radius 2 is 2.33 bits per heavy atom. The summed E-state index contributed by atoms with van der Waals surface area (Å²) in [6, 6.07) is 0.322. The average molecular weight is 195 g/mol. The Bertz CT molecular complexity index is 120. The van der Waals surface area contributed by atoms with Crippen molar-refractivity contribution < 1.29 is 5.11 Å². The molecular formula is C8H19ClN2O. The van der Waals surface area contributed by atoms with Gasteiger partial charge in [-0.2, -0.15) is 0 Å². The molecule has 0 aromatic carbocycles. The zero-order valence-electron chi connectivity index (χ0n) is 7.57. The third kappa shape index (κ3) is 4.26. The molecule has 0 unspecified atom stereocenters. The van der Waals surface area contributed by atoms with Crippen LogP contribution in [0, 0.1) is 0 Å². The number of halogens is 1. The summed E-state index contributed by atoms with van der Waals surface area (Å²) in [6.07, 6.45) is 2.09. The van der Waals surface area contributed by atoms with Crippen LogP contribution in [0.2, 0.25) is 0 Å². The molecule has 1 fully saturated rings. The van der Waals surface area contributed by atoms with Crippen LogP contribution >= 0.6 is 12.4 Å². The zero-order chi connectivity index (χ0) is 8.27. The fourth-order valence-electron chi connectivity index (χ4n) is 1.63. The summed E-state index contributed by atoms with van der Waals surface area (Å²) in [5.74, 6) is 0. The van der Waals surface area contributed by atoms with Crippen molar-refractivity contribution in [2.75, 3.05) is 19.6 Å². The Morgan fingerprint density at radius 1 is 1.67 bits per heavy atom. The van der Waals surface area contributed by atoms with Crippen molar-refractivity contribution in [3.8, 4) is 0 Å². The van der Waals surface area contributed by atoms with Crippen molar-refractivity contribution in [2.24, 2.45) is 5.73 Å². The first-order valence-electron chi connectivity index (χ1n) is 4.34. The van der Waals surface area contributed by atoms with Gasteiger partial charge in [-0.1, -0.05) is 0 Å². The predicted molar refractivity (Wildman–Crippen MR) is 52.6 cm³/mol. The number of aliphatic hydroxyl groups excluding tert-OH is 1. The maximum atomic E-state index is 9.11. The molecule has 0 saturated carbocycles. The van der Waals surface area contributed by atoms with E-state index in [-0.39, 0.29) is 18.5 Å². The van der Waals surface area contributed by atoms with Gasteiger partial charge in [0.2, 0.25) is 0 Å². The first kappa shape index (κ1) is 12.2. The Hall–Kier alpha value is 0.170. The third-order valence-electron chi connectivity index (χ3n) is 2.06. The van der Waals surface area contributed by atoms with E-state index >= 15 is 0 Å². The van der Waals surface area contributed by atoms with Gasteiger partial charge in [-0.3, -0.25) is 4.90 Å². The van der Waals surface area contributed by atoms with Gasteiger partial charge in [-0.15, -0.1) is 12.4 Å². The molecule has 74 valence electrons. The van der Waals surface area contributed by atoms with Gasteiger partial charge in [0.05, 0.1) is 6.10 Å². The van der Waals surface area contributed by atoms with Gasteiger partial charge in [0.1, 0.15) is 0 Å². The molecule has 12 heavy (non-hydrogen) atoms. The molecule has 0 amide bonds. The largest absolute Gasteiger partial charge is 0.392 e. The van der Waals surface area contributed by atoms with Gasteiger partial charge in [-0.05, 0) is 26.3 Å². The molecule has 1 heterocycles. The summed E-state index contributed by atoms with van der Waals surface area (Å²) in [4.78, 5) is 2.23. The van der Waals surface area contributed by atoms with E-state index < -0.39 is 0 Å². The van der Waals surface area contributed by atoms with E-state index in [0.717, 1.165) is 26.1 Å². The standard InChI is InChI=1S/C8H18N2O.ClH/c1-7(11)5-10-4-2-3-8(9)6-10;/h7-8,11H,2-6,9H2,1H3;1H/t7-,8-;/m1./s1. The van der Waals surface area contributed by atoms with Gasteiger partial charge < -0.3 is 10.8 Å². The first-order chi connectivity index (χ1) is 5.18. The molecule has 3 N–H and O–H groups in total. The van der Waals surface area contributed by atoms with E-state index in [1.807, 2.05) is 6.92 Å². The second-order valence-corrected chi connectivity index (χ2v) is 3.51. The molecule has 1 saturated heterocycles. The summed E-state index contributed by atoms with van der Waals surface area (Å²) in [5.41, 5.74) is 5.78. The Morgan fingerprint density at radius 3 is 2.83 bits per heavy atom. The molecule has 0 aromatic heterocycles. The number of hydrogen-bond acceptors (Lipinski definition) is 3. The van der Waals surface area contributed by atoms with E-state index in [1.54, 1.807) is 0 Å². The highest BCUT2D eigenvalue weighted by molar-refractivity contribution is 5.85. The average Bonchev–Trinajstić information content (AvgIpc) is 1.85. The minimum atomic E-state index is -0.222. The number of nitrogens with two attached hydrogens (primary N) is 1. The van der Waals surface area contributed by atoms with Gasteiger partial charge in [0.25, 0.3) is 0 Å². The third-order valence-corrected chi connectivity index (χ3v) is 2.06. The van der Waals surface area contributed by atoms with Crippen LogP contribution in [-0.2, 0) is 0 Å². The lowest BCUT2D eigenvalue weighted by Gasteiger charge is -2.31. The van der Waals surface area contributed by atoms with E-state index in [9.17, 15) is 0 Å². The quantitative estimate of drug-likeness (QED) is 0.661.